The first-order valence-electron chi connectivity index (χ1n) is 16.9. The number of aliphatic hydroxyl groups excluding tert-OH is 1. The number of hydrogen-bond donors (Lipinski definition) is 1. The Kier molecular flexibility index (Phi) is 8.44. The number of likely N-dealkylation sites (tertiary alicyclic amines) is 1. The third kappa shape index (κ3) is 5.72. The normalized spacial score (nSPS) is 20.9. The summed E-state index contributed by atoms with van der Waals surface area (Å²) in [6, 6.07) is 19.3. The number of ketones is 1. The van der Waals surface area contributed by atoms with Crippen LogP contribution in [0.5, 0.6) is 0 Å². The van der Waals surface area contributed by atoms with Gasteiger partial charge in [0.2, 0.25) is 15.9 Å². The van der Waals surface area contributed by atoms with Gasteiger partial charge in [-0.3, -0.25) is 13.9 Å². The zero-order chi connectivity index (χ0) is 33.8. The zero-order valence-electron chi connectivity index (χ0n) is 27.4. The average molecular weight is 672 g/mol. The molecule has 2 fully saturated rings. The van der Waals surface area contributed by atoms with Gasteiger partial charge in [-0.25, -0.2) is 12.8 Å². The summed E-state index contributed by atoms with van der Waals surface area (Å²) in [4.78, 5) is 29.8. The van der Waals surface area contributed by atoms with E-state index in [4.69, 9.17) is 0 Å². The second kappa shape index (κ2) is 12.5. The van der Waals surface area contributed by atoms with Crippen LogP contribution in [-0.2, 0) is 40.7 Å². The molecule has 1 spiro atoms. The van der Waals surface area contributed by atoms with E-state index >= 15 is 0 Å². The van der Waals surface area contributed by atoms with E-state index in [-0.39, 0.29) is 30.3 Å². The molecule has 1 saturated carbocycles. The number of aryl methyl sites for hydroxylation is 1. The number of piperidine rings is 1. The van der Waals surface area contributed by atoms with Gasteiger partial charge in [-0.05, 0) is 85.4 Å². The van der Waals surface area contributed by atoms with Crippen LogP contribution in [-0.4, -0.2) is 59.1 Å². The third-order valence-corrected chi connectivity index (χ3v) is 13.3. The molecule has 8 nitrogen and oxygen atoms in total. The number of aromatic nitrogens is 1. The Bertz CT molecular complexity index is 1970. The maximum Gasteiger partial charge on any atom is 0.242 e. The van der Waals surface area contributed by atoms with Crippen LogP contribution in [0.25, 0.3) is 10.9 Å². The number of aliphatic hydroxyl groups is 1. The van der Waals surface area contributed by atoms with Crippen molar-refractivity contribution in [1.82, 2.24) is 9.47 Å². The van der Waals surface area contributed by atoms with Crippen LogP contribution >= 0.6 is 0 Å². The van der Waals surface area contributed by atoms with Crippen molar-refractivity contribution in [1.29, 1.82) is 0 Å². The average Bonchev–Trinajstić information content (AvgIpc) is 3.81. The van der Waals surface area contributed by atoms with E-state index in [1.807, 2.05) is 54.1 Å². The van der Waals surface area contributed by atoms with Gasteiger partial charge in [0.05, 0.1) is 23.2 Å². The third-order valence-electron chi connectivity index (χ3n) is 10.8. The molecule has 252 valence electrons. The smallest absolute Gasteiger partial charge is 0.242 e. The molecule has 0 bridgehead atoms. The number of sulfonamides is 1. The second-order valence-electron chi connectivity index (χ2n) is 13.9. The molecule has 3 aromatic carbocycles. The van der Waals surface area contributed by atoms with Crippen molar-refractivity contribution in [2.24, 2.45) is 11.8 Å². The predicted octanol–water partition coefficient (Wildman–Crippen LogP) is 5.89. The van der Waals surface area contributed by atoms with Crippen molar-refractivity contribution in [3.63, 3.8) is 0 Å². The van der Waals surface area contributed by atoms with Gasteiger partial charge in [0, 0.05) is 50.2 Å². The minimum Gasteiger partial charge on any atom is -0.392 e. The number of halogens is 1. The van der Waals surface area contributed by atoms with E-state index in [0.717, 1.165) is 40.4 Å². The van der Waals surface area contributed by atoms with Crippen molar-refractivity contribution >= 4 is 38.3 Å². The first-order chi connectivity index (χ1) is 23.0. The van der Waals surface area contributed by atoms with Crippen LogP contribution < -0.4 is 4.31 Å². The number of carbonyl (C=O) groups is 2. The number of Topliss-reactive ketones (excluding diaryl/α,β-unsaturated/α-hetero) is 1. The van der Waals surface area contributed by atoms with Gasteiger partial charge >= 0.3 is 0 Å². The molecule has 4 aromatic rings. The molecule has 1 aromatic heterocycles. The topological polar surface area (TPSA) is 99.9 Å². The van der Waals surface area contributed by atoms with Crippen LogP contribution in [0.4, 0.5) is 10.1 Å². The van der Waals surface area contributed by atoms with Gasteiger partial charge in [-0.15, -0.1) is 0 Å². The molecule has 0 radical (unpaired) electrons. The highest BCUT2D eigenvalue weighted by Crippen LogP contribution is 2.51. The van der Waals surface area contributed by atoms with E-state index in [2.05, 4.69) is 0 Å². The number of rotatable bonds is 10. The van der Waals surface area contributed by atoms with Crippen molar-refractivity contribution in [3.8, 4) is 0 Å². The maximum absolute atomic E-state index is 14.3. The molecule has 3 aliphatic rings. The zero-order valence-corrected chi connectivity index (χ0v) is 28.3. The maximum atomic E-state index is 14.3. The lowest BCUT2D eigenvalue weighted by atomic mass is 9.79. The molecule has 48 heavy (non-hydrogen) atoms. The van der Waals surface area contributed by atoms with E-state index in [0.29, 0.717) is 50.1 Å². The lowest BCUT2D eigenvalue weighted by Gasteiger charge is -2.37. The number of anilines is 1. The van der Waals surface area contributed by atoms with Crippen LogP contribution in [0, 0.1) is 17.7 Å². The van der Waals surface area contributed by atoms with Crippen LogP contribution in [0.2, 0.25) is 0 Å². The number of nitrogens with zero attached hydrogens (tertiary/aromatic N) is 3. The van der Waals surface area contributed by atoms with Crippen molar-refractivity contribution in [2.75, 3.05) is 17.9 Å². The summed E-state index contributed by atoms with van der Waals surface area (Å²) in [5.41, 5.74) is 4.47. The van der Waals surface area contributed by atoms with Crippen molar-refractivity contribution in [2.45, 2.75) is 75.8 Å². The quantitative estimate of drug-likeness (QED) is 0.212. The molecule has 10 heteroatoms. The molecule has 0 unspecified atom stereocenters. The fourth-order valence-corrected chi connectivity index (χ4v) is 9.73. The second-order valence-corrected chi connectivity index (χ2v) is 16.2. The Morgan fingerprint density at radius 2 is 1.79 bits per heavy atom. The van der Waals surface area contributed by atoms with E-state index in [1.54, 1.807) is 30.1 Å². The molecule has 1 N–H and O–H groups in total. The Hall–Kier alpha value is -4.02. The summed E-state index contributed by atoms with van der Waals surface area (Å²) in [6.45, 7) is 3.48. The summed E-state index contributed by atoms with van der Waals surface area (Å²) in [6.07, 6.45) is 4.29. The Balaban J connectivity index is 1.21. The fourth-order valence-electron chi connectivity index (χ4n) is 7.83. The molecule has 1 aliphatic carbocycles. The van der Waals surface area contributed by atoms with Crippen molar-refractivity contribution in [3.05, 3.63) is 101 Å². The van der Waals surface area contributed by atoms with Gasteiger partial charge in [-0.1, -0.05) is 49.4 Å². The minimum absolute atomic E-state index is 0.0610. The molecule has 7 rings (SSSR count). The molecule has 1 amide bonds. The Morgan fingerprint density at radius 1 is 1.06 bits per heavy atom. The molecule has 2 aliphatic heterocycles. The lowest BCUT2D eigenvalue weighted by molar-refractivity contribution is -0.145. The van der Waals surface area contributed by atoms with Gasteiger partial charge in [-0.2, -0.15) is 0 Å². The molecule has 1 saturated heterocycles. The van der Waals surface area contributed by atoms with E-state index in [1.165, 1.54) is 16.4 Å². The number of amides is 1. The summed E-state index contributed by atoms with van der Waals surface area (Å²) < 4.78 is 43.9. The summed E-state index contributed by atoms with van der Waals surface area (Å²) in [5, 5.41) is 12.8. The van der Waals surface area contributed by atoms with Crippen LogP contribution in [0.3, 0.4) is 0 Å². The first kappa shape index (κ1) is 32.5. The highest BCUT2D eigenvalue weighted by molar-refractivity contribution is 7.94. The minimum atomic E-state index is -3.65. The molecular formula is C38H42FN3O5S. The van der Waals surface area contributed by atoms with Gasteiger partial charge in [0.25, 0.3) is 0 Å². The van der Waals surface area contributed by atoms with Gasteiger partial charge in [0.1, 0.15) is 10.6 Å². The highest BCUT2D eigenvalue weighted by atomic mass is 32.2. The largest absolute Gasteiger partial charge is 0.392 e. The molecule has 3 atom stereocenters. The standard InChI is InChI=1S/C38H42FN3O5S/c1-3-27-23-42-24-38(15-16-38)48(46,47)40(2)33-20-28(19-32(27)35(33)42)34(43)21-29(18-25-11-13-30(39)14-12-25)36(44)31-10-7-17-41(37(31)45)22-26-8-5-4-6-9-26/h4-6,8-9,11-14,19-20,23,29,31,36,44H,3,7,10,15-18,21-22,24H2,1-2H3/t29-,31+,36+/m1/s1. The summed E-state index contributed by atoms with van der Waals surface area (Å²) in [7, 11) is -2.08. The monoisotopic (exact) mass is 671 g/mol. The van der Waals surface area contributed by atoms with E-state index in [9.17, 15) is 27.5 Å². The Labute approximate surface area is 281 Å². The van der Waals surface area contributed by atoms with Crippen LogP contribution in [0.1, 0.15) is 66.1 Å². The summed E-state index contributed by atoms with van der Waals surface area (Å²) >= 11 is 0. The van der Waals surface area contributed by atoms with Crippen LogP contribution in [0.15, 0.2) is 72.9 Å². The van der Waals surface area contributed by atoms with Gasteiger partial charge < -0.3 is 14.6 Å². The lowest BCUT2D eigenvalue weighted by Crippen LogP contribution is -2.47. The highest BCUT2D eigenvalue weighted by Gasteiger charge is 2.58. The van der Waals surface area contributed by atoms with Crippen molar-refractivity contribution < 1.29 is 27.5 Å². The summed E-state index contributed by atoms with van der Waals surface area (Å²) in [5.74, 6) is -2.06. The first-order valence-corrected chi connectivity index (χ1v) is 18.4. The Morgan fingerprint density at radius 3 is 2.48 bits per heavy atom. The van der Waals surface area contributed by atoms with Gasteiger partial charge in [0.15, 0.2) is 5.78 Å². The molecule has 3 heterocycles. The SMILES string of the molecule is CCc1cn2c3c(cc(C(=O)C[C@@H](Cc4ccc(F)cc4)[C@H](O)[C@@H]4CCCN(Cc5ccccc5)C4=O)cc13)N(C)S(=O)(=O)C1(CC1)C2. The molecular weight excluding hydrogens is 629 g/mol. The number of carbonyl (C=O) groups excluding carboxylic acids is 2. The number of hydrogen-bond acceptors (Lipinski definition) is 5. The number of benzene rings is 3. The fraction of sp³-hybridized carbons (Fsp3) is 0.421. The van der Waals surface area contributed by atoms with E-state index < -0.39 is 32.7 Å². The predicted molar refractivity (Wildman–Crippen MR) is 184 cm³/mol.